The Balaban J connectivity index is 1.60. The normalized spacial score (nSPS) is 15.1. The summed E-state index contributed by atoms with van der Waals surface area (Å²) >= 11 is 5.92. The van der Waals surface area contributed by atoms with E-state index >= 15 is 0 Å². The summed E-state index contributed by atoms with van der Waals surface area (Å²) in [6.07, 6.45) is -2.85. The molecule has 0 saturated carbocycles. The number of pyridine rings is 1. The number of aryl methyl sites for hydroxylation is 1. The summed E-state index contributed by atoms with van der Waals surface area (Å²) in [5.74, 6) is -0.611. The molecule has 0 aliphatic carbocycles. The van der Waals surface area contributed by atoms with Gasteiger partial charge in [-0.3, -0.25) is 14.6 Å². The van der Waals surface area contributed by atoms with Crippen LogP contribution in [-0.4, -0.2) is 41.3 Å². The molecule has 0 spiro atoms. The van der Waals surface area contributed by atoms with Crippen LogP contribution in [0.25, 0.3) is 0 Å². The molecule has 2 aromatic rings. The molecule has 1 aromatic heterocycles. The van der Waals surface area contributed by atoms with E-state index in [0.717, 1.165) is 17.8 Å². The van der Waals surface area contributed by atoms with Gasteiger partial charge in [0.1, 0.15) is 12.2 Å². The summed E-state index contributed by atoms with van der Waals surface area (Å²) in [6.45, 7) is 0.213. The zero-order valence-corrected chi connectivity index (χ0v) is 15.5. The van der Waals surface area contributed by atoms with Crippen LogP contribution in [0, 0.1) is 0 Å². The number of hydrogen-bond donors (Lipinski definition) is 0. The Kier molecular flexibility index (Phi) is 5.88. The third kappa shape index (κ3) is 4.81. The van der Waals surface area contributed by atoms with Crippen molar-refractivity contribution in [2.45, 2.75) is 19.0 Å². The highest BCUT2D eigenvalue weighted by Crippen LogP contribution is 2.30. The molecule has 1 saturated heterocycles. The van der Waals surface area contributed by atoms with Gasteiger partial charge in [-0.15, -0.1) is 0 Å². The summed E-state index contributed by atoms with van der Waals surface area (Å²) in [5.41, 5.74) is -0.0153. The monoisotopic (exact) mass is 411 g/mol. The first-order valence-corrected chi connectivity index (χ1v) is 8.97. The topological polar surface area (TPSA) is 53.5 Å². The minimum Gasteiger partial charge on any atom is -0.332 e. The molecule has 1 aromatic carbocycles. The Hall–Kier alpha value is -2.61. The van der Waals surface area contributed by atoms with Gasteiger partial charge in [0.05, 0.1) is 0 Å². The van der Waals surface area contributed by atoms with Crippen molar-refractivity contribution in [3.05, 3.63) is 58.9 Å². The standard InChI is InChI=1S/C19H17ClF3N3O2/c20-14-3-1-2-13(10-14)4-5-17(27)25-8-9-26(18(28)12-25)15-6-7-24-16(11-15)19(21,22)23/h1-3,6-7,10-11H,4-5,8-9,12H2. The van der Waals surface area contributed by atoms with Crippen LogP contribution in [0.15, 0.2) is 42.6 Å². The zero-order chi connectivity index (χ0) is 20.3. The Morgan fingerprint density at radius 3 is 2.64 bits per heavy atom. The van der Waals surface area contributed by atoms with Crippen LogP contribution in [0.1, 0.15) is 17.7 Å². The van der Waals surface area contributed by atoms with Gasteiger partial charge in [0, 0.05) is 36.4 Å². The fourth-order valence-electron chi connectivity index (χ4n) is 3.00. The molecule has 1 aliphatic rings. The molecule has 0 unspecified atom stereocenters. The van der Waals surface area contributed by atoms with Crippen LogP contribution in [0.3, 0.4) is 0 Å². The predicted octanol–water partition coefficient (Wildman–Crippen LogP) is 3.56. The molecule has 0 radical (unpaired) electrons. The van der Waals surface area contributed by atoms with Gasteiger partial charge in [0.25, 0.3) is 0 Å². The quantitative estimate of drug-likeness (QED) is 0.773. The first-order valence-electron chi connectivity index (χ1n) is 8.60. The molecule has 1 aliphatic heterocycles. The van der Waals surface area contributed by atoms with Crippen LogP contribution in [0.2, 0.25) is 5.02 Å². The van der Waals surface area contributed by atoms with Gasteiger partial charge in [-0.1, -0.05) is 23.7 Å². The van der Waals surface area contributed by atoms with Crippen LogP contribution >= 0.6 is 11.6 Å². The van der Waals surface area contributed by atoms with Gasteiger partial charge in [-0.05, 0) is 36.2 Å². The number of piperazine rings is 1. The zero-order valence-electron chi connectivity index (χ0n) is 14.7. The van der Waals surface area contributed by atoms with E-state index in [-0.39, 0.29) is 37.6 Å². The number of amides is 2. The van der Waals surface area contributed by atoms with E-state index in [2.05, 4.69) is 4.98 Å². The average Bonchev–Trinajstić information content (AvgIpc) is 2.65. The number of nitrogens with zero attached hydrogens (tertiary/aromatic N) is 3. The fraction of sp³-hybridized carbons (Fsp3) is 0.316. The molecule has 148 valence electrons. The summed E-state index contributed by atoms with van der Waals surface area (Å²) in [4.78, 5) is 30.8. The van der Waals surface area contributed by atoms with E-state index in [9.17, 15) is 22.8 Å². The number of benzene rings is 1. The van der Waals surface area contributed by atoms with Crippen molar-refractivity contribution < 1.29 is 22.8 Å². The van der Waals surface area contributed by atoms with Gasteiger partial charge >= 0.3 is 6.18 Å². The van der Waals surface area contributed by atoms with E-state index in [1.807, 2.05) is 6.07 Å². The number of carbonyl (C=O) groups excluding carboxylic acids is 2. The lowest BCUT2D eigenvalue weighted by Gasteiger charge is -2.34. The molecule has 1 fully saturated rings. The molecular formula is C19H17ClF3N3O2. The van der Waals surface area contributed by atoms with Gasteiger partial charge in [-0.2, -0.15) is 13.2 Å². The first kappa shape index (κ1) is 20.1. The number of anilines is 1. The Bertz CT molecular complexity index is 889. The van der Waals surface area contributed by atoms with Crippen molar-refractivity contribution >= 4 is 29.1 Å². The molecule has 9 heteroatoms. The second-order valence-electron chi connectivity index (χ2n) is 6.39. The third-order valence-corrected chi connectivity index (χ3v) is 4.67. The van der Waals surface area contributed by atoms with E-state index < -0.39 is 17.8 Å². The van der Waals surface area contributed by atoms with Crippen molar-refractivity contribution in [1.29, 1.82) is 0 Å². The van der Waals surface area contributed by atoms with Crippen LogP contribution < -0.4 is 4.90 Å². The van der Waals surface area contributed by atoms with Gasteiger partial charge in [-0.25, -0.2) is 0 Å². The highest BCUT2D eigenvalue weighted by Gasteiger charge is 2.34. The average molecular weight is 412 g/mol. The maximum Gasteiger partial charge on any atom is 0.433 e. The minimum atomic E-state index is -4.59. The maximum absolute atomic E-state index is 12.8. The maximum atomic E-state index is 12.8. The molecule has 0 atom stereocenters. The first-order chi connectivity index (χ1) is 13.2. The summed E-state index contributed by atoms with van der Waals surface area (Å²) in [5, 5.41) is 0.587. The largest absolute Gasteiger partial charge is 0.433 e. The summed E-state index contributed by atoms with van der Waals surface area (Å²) in [7, 11) is 0. The number of alkyl halides is 3. The number of hydrogen-bond acceptors (Lipinski definition) is 3. The lowest BCUT2D eigenvalue weighted by atomic mass is 10.1. The molecule has 5 nitrogen and oxygen atoms in total. The summed E-state index contributed by atoms with van der Waals surface area (Å²) in [6, 6.07) is 9.38. The fourth-order valence-corrected chi connectivity index (χ4v) is 3.22. The van der Waals surface area contributed by atoms with Crippen molar-refractivity contribution in [2.75, 3.05) is 24.5 Å². The number of aromatic nitrogens is 1. The van der Waals surface area contributed by atoms with Gasteiger partial charge < -0.3 is 9.80 Å². The van der Waals surface area contributed by atoms with E-state index in [4.69, 9.17) is 11.6 Å². The molecule has 28 heavy (non-hydrogen) atoms. The van der Waals surface area contributed by atoms with Gasteiger partial charge in [0.15, 0.2) is 0 Å². The number of rotatable bonds is 4. The van der Waals surface area contributed by atoms with E-state index in [0.29, 0.717) is 11.4 Å². The van der Waals surface area contributed by atoms with Crippen molar-refractivity contribution in [3.63, 3.8) is 0 Å². The second kappa shape index (κ2) is 8.18. The Morgan fingerprint density at radius 1 is 1.18 bits per heavy atom. The van der Waals surface area contributed by atoms with E-state index in [1.165, 1.54) is 15.9 Å². The van der Waals surface area contributed by atoms with Crippen LogP contribution in [-0.2, 0) is 22.2 Å². The van der Waals surface area contributed by atoms with Crippen LogP contribution in [0.5, 0.6) is 0 Å². The minimum absolute atomic E-state index is 0.123. The lowest BCUT2D eigenvalue weighted by Crippen LogP contribution is -2.52. The van der Waals surface area contributed by atoms with Crippen molar-refractivity contribution in [2.24, 2.45) is 0 Å². The molecular weight excluding hydrogens is 395 g/mol. The molecule has 2 heterocycles. The number of carbonyl (C=O) groups is 2. The smallest absolute Gasteiger partial charge is 0.332 e. The molecule has 3 rings (SSSR count). The Morgan fingerprint density at radius 2 is 1.96 bits per heavy atom. The van der Waals surface area contributed by atoms with Gasteiger partial charge in [0.2, 0.25) is 11.8 Å². The third-order valence-electron chi connectivity index (χ3n) is 4.44. The highest BCUT2D eigenvalue weighted by molar-refractivity contribution is 6.30. The molecule has 0 bridgehead atoms. The second-order valence-corrected chi connectivity index (χ2v) is 6.82. The predicted molar refractivity (Wildman–Crippen MR) is 97.9 cm³/mol. The highest BCUT2D eigenvalue weighted by atomic mass is 35.5. The molecule has 0 N–H and O–H groups in total. The van der Waals surface area contributed by atoms with Crippen LogP contribution in [0.4, 0.5) is 18.9 Å². The SMILES string of the molecule is O=C(CCc1cccc(Cl)c1)N1CCN(c2ccnc(C(F)(F)F)c2)C(=O)C1. The molecule has 2 amide bonds. The Labute approximate surface area is 164 Å². The van der Waals surface area contributed by atoms with Crippen molar-refractivity contribution in [1.82, 2.24) is 9.88 Å². The lowest BCUT2D eigenvalue weighted by molar-refractivity contribution is -0.141. The number of halogens is 4. The summed E-state index contributed by atoms with van der Waals surface area (Å²) < 4.78 is 38.5. The van der Waals surface area contributed by atoms with E-state index in [1.54, 1.807) is 18.2 Å². The van der Waals surface area contributed by atoms with Crippen molar-refractivity contribution in [3.8, 4) is 0 Å².